The highest BCUT2D eigenvalue weighted by atomic mass is 32.2. The molecule has 0 aliphatic carbocycles. The van der Waals surface area contributed by atoms with Crippen LogP contribution >= 0.6 is 0 Å². The Kier molecular flexibility index (Phi) is 4.59. The molecule has 1 unspecified atom stereocenters. The van der Waals surface area contributed by atoms with Gasteiger partial charge in [-0.2, -0.15) is 0 Å². The molecule has 0 amide bonds. The van der Waals surface area contributed by atoms with E-state index in [-0.39, 0.29) is 6.10 Å². The van der Waals surface area contributed by atoms with Gasteiger partial charge in [-0.15, -0.1) is 0 Å². The molecular formula is C26H24N2O3S. The number of likely N-dealkylation sites (tertiary alicyclic amines) is 1. The third-order valence-electron chi connectivity index (χ3n) is 6.57. The van der Waals surface area contributed by atoms with Crippen molar-refractivity contribution in [3.63, 3.8) is 0 Å². The number of ether oxygens (including phenoxy) is 1. The summed E-state index contributed by atoms with van der Waals surface area (Å²) in [4.78, 5) is 2.72. The van der Waals surface area contributed by atoms with Crippen LogP contribution in [0.25, 0.3) is 21.5 Å². The first-order chi connectivity index (χ1) is 15.6. The minimum atomic E-state index is -3.50. The lowest BCUT2D eigenvalue weighted by atomic mass is 10.1. The molecule has 32 heavy (non-hydrogen) atoms. The fourth-order valence-electron chi connectivity index (χ4n) is 5.01. The highest BCUT2D eigenvalue weighted by molar-refractivity contribution is 7.93. The summed E-state index contributed by atoms with van der Waals surface area (Å²) in [5.74, 6) is 0.916. The standard InChI is InChI=1S/C26H24N2O3S/c29-32(30)25-13-5-9-20-8-3-11-23(26(20)25)28(32)17-16-27-15-14-21(18-27)31-24-12-4-7-19-6-1-2-10-22(19)24/h1-13,21H,14-18H2. The van der Waals surface area contributed by atoms with Crippen LogP contribution in [0.1, 0.15) is 6.42 Å². The van der Waals surface area contributed by atoms with Gasteiger partial charge in [-0.3, -0.25) is 9.21 Å². The molecular weight excluding hydrogens is 420 g/mol. The Bertz CT molecular complexity index is 1420. The maximum atomic E-state index is 13.2. The molecule has 1 saturated heterocycles. The van der Waals surface area contributed by atoms with Crippen molar-refractivity contribution in [2.24, 2.45) is 0 Å². The molecule has 4 aromatic carbocycles. The van der Waals surface area contributed by atoms with E-state index >= 15 is 0 Å². The van der Waals surface area contributed by atoms with E-state index in [1.165, 1.54) is 5.39 Å². The Morgan fingerprint density at radius 2 is 1.59 bits per heavy atom. The van der Waals surface area contributed by atoms with E-state index in [0.717, 1.165) is 47.1 Å². The minimum Gasteiger partial charge on any atom is -0.488 e. The molecule has 0 saturated carbocycles. The monoisotopic (exact) mass is 444 g/mol. The predicted octanol–water partition coefficient (Wildman–Crippen LogP) is 4.66. The van der Waals surface area contributed by atoms with Crippen molar-refractivity contribution in [1.82, 2.24) is 4.90 Å². The molecule has 0 spiro atoms. The maximum absolute atomic E-state index is 13.2. The fourth-order valence-corrected chi connectivity index (χ4v) is 6.71. The quantitative estimate of drug-likeness (QED) is 0.449. The summed E-state index contributed by atoms with van der Waals surface area (Å²) >= 11 is 0. The lowest BCUT2D eigenvalue weighted by molar-refractivity contribution is 0.204. The first-order valence-electron chi connectivity index (χ1n) is 11.0. The van der Waals surface area contributed by atoms with Crippen molar-refractivity contribution in [3.8, 4) is 5.75 Å². The second-order valence-corrected chi connectivity index (χ2v) is 10.3. The number of benzene rings is 4. The first kappa shape index (κ1) is 19.6. The van der Waals surface area contributed by atoms with Crippen molar-refractivity contribution >= 4 is 37.3 Å². The number of nitrogens with zero attached hydrogens (tertiary/aromatic N) is 2. The number of anilines is 1. The summed E-state index contributed by atoms with van der Waals surface area (Å²) in [7, 11) is -3.50. The Balaban J connectivity index is 1.16. The molecule has 0 bridgehead atoms. The normalized spacial score (nSPS) is 19.8. The molecule has 0 N–H and O–H groups in total. The number of hydrogen-bond acceptors (Lipinski definition) is 4. The summed E-state index contributed by atoms with van der Waals surface area (Å²) < 4.78 is 34.3. The third-order valence-corrected chi connectivity index (χ3v) is 8.43. The topological polar surface area (TPSA) is 49.9 Å². The molecule has 0 radical (unpaired) electrons. The van der Waals surface area contributed by atoms with Crippen LogP contribution in [0.15, 0.2) is 83.8 Å². The first-order valence-corrected chi connectivity index (χ1v) is 12.5. The van der Waals surface area contributed by atoms with Gasteiger partial charge >= 0.3 is 0 Å². The predicted molar refractivity (Wildman–Crippen MR) is 128 cm³/mol. The Hall–Kier alpha value is -3.09. The SMILES string of the molecule is O=S1(=O)c2cccc3cccc(c23)N1CCN1CCC(Oc2cccc3ccccc23)C1. The molecule has 1 fully saturated rings. The third kappa shape index (κ3) is 3.14. The van der Waals surface area contributed by atoms with Gasteiger partial charge in [0.05, 0.1) is 10.6 Å². The molecule has 6 heteroatoms. The smallest absolute Gasteiger partial charge is 0.265 e. The minimum absolute atomic E-state index is 0.108. The van der Waals surface area contributed by atoms with Gasteiger partial charge in [-0.1, -0.05) is 60.7 Å². The van der Waals surface area contributed by atoms with Gasteiger partial charge in [-0.25, -0.2) is 8.42 Å². The summed E-state index contributed by atoms with van der Waals surface area (Å²) in [5, 5.41) is 4.11. The molecule has 2 heterocycles. The van der Waals surface area contributed by atoms with Crippen molar-refractivity contribution in [2.75, 3.05) is 30.5 Å². The molecule has 2 aliphatic rings. The number of fused-ring (bicyclic) bond motifs is 1. The number of rotatable bonds is 5. The van der Waals surface area contributed by atoms with E-state index in [4.69, 9.17) is 4.74 Å². The molecule has 162 valence electrons. The van der Waals surface area contributed by atoms with Crippen LogP contribution in [-0.2, 0) is 10.0 Å². The summed E-state index contributed by atoms with van der Waals surface area (Å²) in [5.41, 5.74) is 0.792. The molecule has 5 nitrogen and oxygen atoms in total. The van der Waals surface area contributed by atoms with Crippen LogP contribution in [-0.4, -0.2) is 45.6 Å². The molecule has 1 atom stereocenters. The molecule has 0 aromatic heterocycles. The summed E-state index contributed by atoms with van der Waals surface area (Å²) in [6.07, 6.45) is 1.04. The van der Waals surface area contributed by atoms with Gasteiger partial charge < -0.3 is 4.74 Å². The highest BCUT2D eigenvalue weighted by Crippen LogP contribution is 2.41. The van der Waals surface area contributed by atoms with Crippen LogP contribution in [0.5, 0.6) is 5.75 Å². The summed E-state index contributed by atoms with van der Waals surface area (Å²) in [6, 6.07) is 25.7. The van der Waals surface area contributed by atoms with Gasteiger partial charge in [0.1, 0.15) is 11.9 Å². The number of sulfonamides is 1. The van der Waals surface area contributed by atoms with Crippen molar-refractivity contribution in [3.05, 3.63) is 78.9 Å². The van der Waals surface area contributed by atoms with Crippen LogP contribution in [0.4, 0.5) is 5.69 Å². The second-order valence-electron chi connectivity index (χ2n) is 8.52. The van der Waals surface area contributed by atoms with E-state index in [9.17, 15) is 8.42 Å². The molecule has 2 aliphatic heterocycles. The van der Waals surface area contributed by atoms with E-state index in [0.29, 0.717) is 18.0 Å². The Labute approximate surface area is 187 Å². The van der Waals surface area contributed by atoms with Crippen molar-refractivity contribution in [2.45, 2.75) is 17.4 Å². The zero-order valence-electron chi connectivity index (χ0n) is 17.6. The zero-order valence-corrected chi connectivity index (χ0v) is 18.5. The highest BCUT2D eigenvalue weighted by Gasteiger charge is 2.36. The Morgan fingerprint density at radius 1 is 0.844 bits per heavy atom. The van der Waals surface area contributed by atoms with Crippen LogP contribution in [0, 0.1) is 0 Å². The van der Waals surface area contributed by atoms with Crippen LogP contribution in [0.3, 0.4) is 0 Å². The Morgan fingerprint density at radius 3 is 2.50 bits per heavy atom. The van der Waals surface area contributed by atoms with Gasteiger partial charge in [0.2, 0.25) is 0 Å². The average Bonchev–Trinajstić information content (AvgIpc) is 3.34. The average molecular weight is 445 g/mol. The maximum Gasteiger partial charge on any atom is 0.265 e. The van der Waals surface area contributed by atoms with Crippen LogP contribution in [0.2, 0.25) is 0 Å². The van der Waals surface area contributed by atoms with Gasteiger partial charge in [0.15, 0.2) is 0 Å². The van der Waals surface area contributed by atoms with Crippen molar-refractivity contribution in [1.29, 1.82) is 0 Å². The van der Waals surface area contributed by atoms with Crippen molar-refractivity contribution < 1.29 is 13.2 Å². The van der Waals surface area contributed by atoms with Gasteiger partial charge in [-0.05, 0) is 35.4 Å². The lowest BCUT2D eigenvalue weighted by Crippen LogP contribution is -2.36. The van der Waals surface area contributed by atoms with Gasteiger partial charge in [0, 0.05) is 37.0 Å². The molecule has 4 aromatic rings. The van der Waals surface area contributed by atoms with E-state index < -0.39 is 10.0 Å². The zero-order chi connectivity index (χ0) is 21.7. The van der Waals surface area contributed by atoms with Gasteiger partial charge in [0.25, 0.3) is 10.0 Å². The van der Waals surface area contributed by atoms with E-state index in [2.05, 4.69) is 23.1 Å². The van der Waals surface area contributed by atoms with Crippen LogP contribution < -0.4 is 9.04 Å². The fraction of sp³-hybridized carbons (Fsp3) is 0.231. The van der Waals surface area contributed by atoms with E-state index in [1.54, 1.807) is 10.4 Å². The summed E-state index contributed by atoms with van der Waals surface area (Å²) in [6.45, 7) is 2.82. The second kappa shape index (κ2) is 7.50. The lowest BCUT2D eigenvalue weighted by Gasteiger charge is -2.23. The van der Waals surface area contributed by atoms with E-state index in [1.807, 2.05) is 54.6 Å². The largest absolute Gasteiger partial charge is 0.488 e. The number of hydrogen-bond donors (Lipinski definition) is 0. The molecule has 6 rings (SSSR count).